The number of imidazole rings is 1. The van der Waals surface area contributed by atoms with Crippen LogP contribution in [-0.2, 0) is 16.6 Å². The van der Waals surface area contributed by atoms with Gasteiger partial charge >= 0.3 is 0 Å². The van der Waals surface area contributed by atoms with E-state index in [4.69, 9.17) is 0 Å². The average Bonchev–Trinajstić information content (AvgIpc) is 3.51. The maximum atomic E-state index is 11.8. The van der Waals surface area contributed by atoms with E-state index in [0.29, 0.717) is 44.5 Å². The second-order valence-corrected chi connectivity index (χ2v) is 12.6. The van der Waals surface area contributed by atoms with E-state index in [1.54, 1.807) is 65.8 Å². The lowest BCUT2D eigenvalue weighted by Crippen LogP contribution is -2.36. The number of carbonyl (C=O) groups is 4. The first kappa shape index (κ1) is 50.2. The van der Waals surface area contributed by atoms with Crippen molar-refractivity contribution >= 4 is 34.2 Å². The van der Waals surface area contributed by atoms with Crippen LogP contribution in [0.5, 0.6) is 0 Å². The van der Waals surface area contributed by atoms with Crippen molar-refractivity contribution in [2.45, 2.75) is 111 Å². The van der Waals surface area contributed by atoms with E-state index >= 15 is 0 Å². The van der Waals surface area contributed by atoms with Crippen LogP contribution >= 0.6 is 0 Å². The molecule has 1 aliphatic rings. The van der Waals surface area contributed by atoms with Crippen molar-refractivity contribution in [1.29, 1.82) is 0 Å². The third-order valence-electron chi connectivity index (χ3n) is 9.19. The first-order valence-electron chi connectivity index (χ1n) is 18.7. The van der Waals surface area contributed by atoms with Gasteiger partial charge in [0.05, 0.1) is 34.4 Å². The van der Waals surface area contributed by atoms with Crippen molar-refractivity contribution in [1.82, 2.24) is 19.5 Å². The van der Waals surface area contributed by atoms with E-state index in [2.05, 4.69) is 21.9 Å². The molecule has 6 rings (SSSR count). The standard InChI is InChI=1S/C12H10O2.C10H10N2.C8H12O2.C6H10N2.C6H6O2.2C2H6/c1-7-8(2)12(14)10-6-4-3-5-9(10)11(7)13;1-7-8(2)12-10-6-4-3-5-9(10)11-7;1-5(7(3)9)6(2)8(4)10;1-5-6(2)8(3)4-7-5;1-3-4(2)6(8)5(3)7;2*1-2/h3-6H,1-2H3;3-6H,1-2H3;1-4H3;4H,1-3H3;1-2H3;2*1-2H3/b;;6-5-;;;;. The minimum atomic E-state index is -0.317. The van der Waals surface area contributed by atoms with Crippen molar-refractivity contribution in [3.63, 3.8) is 0 Å². The molecule has 10 heteroatoms. The SMILES string of the molecule is CC.CC.CC(=O)/C(C)=C(/C)C(C)=O.CC1=C(C)C(=O)c2ccccc2C1=O.Cc1c(C)c(=O)c1=O.Cc1nc2ccccc2nc1C.Cc1ncn(C)c1C. The van der Waals surface area contributed by atoms with Crippen molar-refractivity contribution < 1.29 is 19.2 Å². The van der Waals surface area contributed by atoms with Crippen LogP contribution in [0.3, 0.4) is 0 Å². The van der Waals surface area contributed by atoms with E-state index in [1.807, 2.05) is 90.7 Å². The zero-order valence-electron chi connectivity index (χ0n) is 36.4. The van der Waals surface area contributed by atoms with Gasteiger partial charge in [0.25, 0.3) is 0 Å². The van der Waals surface area contributed by atoms with Gasteiger partial charge in [0.1, 0.15) is 0 Å². The Labute approximate surface area is 332 Å². The Kier molecular flexibility index (Phi) is 21.4. The van der Waals surface area contributed by atoms with Gasteiger partial charge in [-0.1, -0.05) is 64.1 Å². The zero-order valence-corrected chi connectivity index (χ0v) is 36.4. The molecule has 0 amide bonds. The highest BCUT2D eigenvalue weighted by Crippen LogP contribution is 2.25. The molecule has 0 atom stereocenters. The van der Waals surface area contributed by atoms with Gasteiger partial charge < -0.3 is 4.57 Å². The first-order valence-corrected chi connectivity index (χ1v) is 18.7. The summed E-state index contributed by atoms with van der Waals surface area (Å²) in [6, 6.07) is 14.9. The molecular formula is C46H60N4O6. The van der Waals surface area contributed by atoms with Gasteiger partial charge in [-0.3, -0.25) is 28.8 Å². The molecule has 56 heavy (non-hydrogen) atoms. The molecule has 2 heterocycles. The van der Waals surface area contributed by atoms with Crippen LogP contribution in [0, 0.1) is 41.5 Å². The zero-order chi connectivity index (χ0) is 43.6. The molecule has 3 aromatic carbocycles. The number of rotatable bonds is 2. The Balaban J connectivity index is 0.000000670. The van der Waals surface area contributed by atoms with E-state index in [0.717, 1.165) is 28.1 Å². The number of carbonyl (C=O) groups excluding carboxylic acids is 4. The highest BCUT2D eigenvalue weighted by molar-refractivity contribution is 6.26. The molecule has 5 aromatic rings. The van der Waals surface area contributed by atoms with Crippen LogP contribution in [-0.4, -0.2) is 42.7 Å². The van der Waals surface area contributed by atoms with Gasteiger partial charge in [0.2, 0.25) is 10.9 Å². The lowest BCUT2D eigenvalue weighted by Gasteiger charge is -2.15. The number of fused-ring (bicyclic) bond motifs is 2. The number of hydrogen-bond donors (Lipinski definition) is 0. The van der Waals surface area contributed by atoms with Gasteiger partial charge in [-0.15, -0.1) is 0 Å². The van der Waals surface area contributed by atoms with Gasteiger partial charge in [0.15, 0.2) is 23.1 Å². The largest absolute Gasteiger partial charge is 0.338 e. The van der Waals surface area contributed by atoms with E-state index in [1.165, 1.54) is 19.5 Å². The third-order valence-corrected chi connectivity index (χ3v) is 9.19. The van der Waals surface area contributed by atoms with Gasteiger partial charge in [0, 0.05) is 46.1 Å². The molecule has 0 radical (unpaired) electrons. The molecule has 0 saturated carbocycles. The van der Waals surface area contributed by atoms with Gasteiger partial charge in [-0.25, -0.2) is 15.0 Å². The highest BCUT2D eigenvalue weighted by Gasteiger charge is 2.26. The van der Waals surface area contributed by atoms with Crippen molar-refractivity contribution in [3.05, 3.63) is 143 Å². The third kappa shape index (κ3) is 13.5. The monoisotopic (exact) mass is 764 g/mol. The Morgan fingerprint density at radius 1 is 0.518 bits per heavy atom. The summed E-state index contributed by atoms with van der Waals surface area (Å²) >= 11 is 0. The summed E-state index contributed by atoms with van der Waals surface area (Å²) < 4.78 is 2.01. The molecule has 0 N–H and O–H groups in total. The second-order valence-electron chi connectivity index (χ2n) is 12.6. The number of nitrogens with zero attached hydrogens (tertiary/aromatic N) is 4. The van der Waals surface area contributed by atoms with Crippen LogP contribution < -0.4 is 10.9 Å². The fourth-order valence-corrected chi connectivity index (χ4v) is 4.56. The summed E-state index contributed by atoms with van der Waals surface area (Å²) in [7, 11) is 2.00. The molecule has 300 valence electrons. The number of Topliss-reactive ketones (excluding diaryl/α,β-unsaturated/α-hetero) is 4. The van der Waals surface area contributed by atoms with Crippen LogP contribution in [0.25, 0.3) is 11.0 Å². The summed E-state index contributed by atoms with van der Waals surface area (Å²) in [5, 5.41) is 0. The number of para-hydroxylation sites is 2. The molecule has 1 aliphatic carbocycles. The molecule has 0 saturated heterocycles. The fourth-order valence-electron chi connectivity index (χ4n) is 4.56. The lowest BCUT2D eigenvalue weighted by atomic mass is 9.85. The molecule has 0 bridgehead atoms. The molecule has 0 fully saturated rings. The Morgan fingerprint density at radius 2 is 0.839 bits per heavy atom. The van der Waals surface area contributed by atoms with Gasteiger partial charge in [-0.05, 0) is 106 Å². The predicted octanol–water partition coefficient (Wildman–Crippen LogP) is 9.14. The highest BCUT2D eigenvalue weighted by atomic mass is 16.2. The number of allylic oxidation sites excluding steroid dienone is 4. The molecule has 0 aliphatic heterocycles. The molecule has 0 spiro atoms. The summed E-state index contributed by atoms with van der Waals surface area (Å²) in [5.41, 5.74) is 10.2. The summed E-state index contributed by atoms with van der Waals surface area (Å²) in [6.07, 6.45) is 1.82. The summed E-state index contributed by atoms with van der Waals surface area (Å²) in [5.74, 6) is -0.129. The number of hydrogen-bond acceptors (Lipinski definition) is 9. The van der Waals surface area contributed by atoms with E-state index in [-0.39, 0.29) is 34.0 Å². The first-order chi connectivity index (χ1) is 26.2. The number of aryl methyl sites for hydroxylation is 4. The van der Waals surface area contributed by atoms with Crippen LogP contribution in [0.1, 0.15) is 124 Å². The van der Waals surface area contributed by atoms with Crippen molar-refractivity contribution in [3.8, 4) is 0 Å². The number of ketones is 4. The quantitative estimate of drug-likeness (QED) is 0.127. The fraction of sp³-hybridized carbons (Fsp3) is 0.370. The van der Waals surface area contributed by atoms with Gasteiger partial charge in [-0.2, -0.15) is 0 Å². The number of aromatic nitrogens is 4. The Bertz CT molecular complexity index is 2140. The second kappa shape index (κ2) is 23.9. The van der Waals surface area contributed by atoms with E-state index in [9.17, 15) is 28.8 Å². The predicted molar refractivity (Wildman–Crippen MR) is 228 cm³/mol. The van der Waals surface area contributed by atoms with Crippen LogP contribution in [0.4, 0.5) is 0 Å². The maximum Gasteiger partial charge on any atom is 0.229 e. The summed E-state index contributed by atoms with van der Waals surface area (Å²) in [6.45, 7) is 29.0. The molecule has 10 nitrogen and oxygen atoms in total. The minimum absolute atomic E-state index is 0.0299. The topological polar surface area (TPSA) is 146 Å². The van der Waals surface area contributed by atoms with Crippen LogP contribution in [0.15, 0.2) is 86.7 Å². The Morgan fingerprint density at radius 3 is 1.07 bits per heavy atom. The van der Waals surface area contributed by atoms with Crippen LogP contribution in [0.2, 0.25) is 0 Å². The van der Waals surface area contributed by atoms with Crippen molar-refractivity contribution in [2.24, 2.45) is 7.05 Å². The van der Waals surface area contributed by atoms with Crippen molar-refractivity contribution in [2.75, 3.05) is 0 Å². The molecule has 2 aromatic heterocycles. The molecular weight excluding hydrogens is 705 g/mol. The maximum absolute atomic E-state index is 11.8. The van der Waals surface area contributed by atoms with E-state index < -0.39 is 0 Å². The minimum Gasteiger partial charge on any atom is -0.338 e. The average molecular weight is 765 g/mol. The smallest absolute Gasteiger partial charge is 0.229 e. The molecule has 0 unspecified atom stereocenters. The normalized spacial score (nSPS) is 11.5. The number of benzene rings is 2. The Hall–Kier alpha value is -5.77. The lowest BCUT2D eigenvalue weighted by molar-refractivity contribution is -0.116. The summed E-state index contributed by atoms with van der Waals surface area (Å²) in [4.78, 5) is 78.5.